The Bertz CT molecular complexity index is 1320. The molecule has 3 heterocycles. The van der Waals surface area contributed by atoms with Crippen molar-refractivity contribution in [3.63, 3.8) is 0 Å². The monoisotopic (exact) mass is 440 g/mol. The van der Waals surface area contributed by atoms with Gasteiger partial charge in [-0.3, -0.25) is 9.59 Å². The molecular weight excluding hydrogens is 420 g/mol. The van der Waals surface area contributed by atoms with Crippen LogP contribution in [0.2, 0.25) is 0 Å². The number of nitrogens with one attached hydrogen (secondary N) is 2. The van der Waals surface area contributed by atoms with Gasteiger partial charge in [-0.25, -0.2) is 9.97 Å². The fourth-order valence-corrected chi connectivity index (χ4v) is 5.88. The Labute approximate surface area is 180 Å². The molecule has 1 aromatic carbocycles. The van der Waals surface area contributed by atoms with Gasteiger partial charge in [-0.15, -0.1) is 11.3 Å². The summed E-state index contributed by atoms with van der Waals surface area (Å²) in [7, 11) is 0. The standard InChI is InChI=1S/C21H20N4O3S2/c1-11-22-14-9-12(5-6-15(14)28-11)23-18(26)7-8-29-10-17-24-20(27)19-13-3-2-4-16(13)30-21(19)25-17/h5-6,9H,2-4,7-8,10H2,1H3,(H,23,26)(H,24,25,27). The minimum atomic E-state index is -0.0614. The second kappa shape index (κ2) is 7.88. The maximum absolute atomic E-state index is 12.5. The first-order valence-corrected chi connectivity index (χ1v) is 11.8. The first-order chi connectivity index (χ1) is 14.6. The molecule has 0 fully saturated rings. The molecule has 2 N–H and O–H groups in total. The molecule has 154 valence electrons. The SMILES string of the molecule is Cc1nc2cc(NC(=O)CCSCc3nc4sc5c(c4c(=O)[nH]3)CCC5)ccc2o1. The Morgan fingerprint density at radius 2 is 2.23 bits per heavy atom. The van der Waals surface area contributed by atoms with E-state index in [1.807, 2.05) is 0 Å². The Hall–Kier alpha value is -2.65. The number of oxazole rings is 1. The average molecular weight is 441 g/mol. The highest BCUT2D eigenvalue weighted by Crippen LogP contribution is 2.34. The van der Waals surface area contributed by atoms with Gasteiger partial charge < -0.3 is 14.7 Å². The van der Waals surface area contributed by atoms with E-state index in [1.54, 1.807) is 48.2 Å². The largest absolute Gasteiger partial charge is 0.441 e. The third-order valence-corrected chi connectivity index (χ3v) is 7.27. The minimum Gasteiger partial charge on any atom is -0.441 e. The Morgan fingerprint density at radius 3 is 3.13 bits per heavy atom. The molecule has 0 saturated carbocycles. The van der Waals surface area contributed by atoms with Gasteiger partial charge in [0.1, 0.15) is 16.2 Å². The number of carbonyl (C=O) groups is 1. The van der Waals surface area contributed by atoms with Crippen LogP contribution < -0.4 is 10.9 Å². The fourth-order valence-electron chi connectivity index (χ4n) is 3.79. The summed E-state index contributed by atoms with van der Waals surface area (Å²) in [5, 5.41) is 3.67. The van der Waals surface area contributed by atoms with Crippen molar-refractivity contribution < 1.29 is 9.21 Å². The van der Waals surface area contributed by atoms with Crippen LogP contribution in [0.1, 0.15) is 35.0 Å². The van der Waals surface area contributed by atoms with E-state index < -0.39 is 0 Å². The van der Waals surface area contributed by atoms with Crippen molar-refractivity contribution in [1.29, 1.82) is 0 Å². The van der Waals surface area contributed by atoms with Gasteiger partial charge in [0.2, 0.25) is 5.91 Å². The molecule has 1 aliphatic rings. The predicted molar refractivity (Wildman–Crippen MR) is 120 cm³/mol. The van der Waals surface area contributed by atoms with Gasteiger partial charge in [0.15, 0.2) is 11.5 Å². The molecule has 0 saturated heterocycles. The van der Waals surface area contributed by atoms with Crippen molar-refractivity contribution in [1.82, 2.24) is 15.0 Å². The molecule has 0 unspecified atom stereocenters. The van der Waals surface area contributed by atoms with Gasteiger partial charge in [0.25, 0.3) is 5.56 Å². The van der Waals surface area contributed by atoms with Gasteiger partial charge in [-0.05, 0) is 43.0 Å². The minimum absolute atomic E-state index is 0.0359. The number of hydrogen-bond acceptors (Lipinski definition) is 7. The lowest BCUT2D eigenvalue weighted by molar-refractivity contribution is -0.115. The topological polar surface area (TPSA) is 101 Å². The first-order valence-electron chi connectivity index (χ1n) is 9.85. The number of nitrogens with zero attached hydrogens (tertiary/aromatic N) is 2. The summed E-state index contributed by atoms with van der Waals surface area (Å²) in [4.78, 5) is 38.7. The number of thiophene rings is 1. The molecule has 4 aromatic rings. The van der Waals surface area contributed by atoms with Gasteiger partial charge in [-0.2, -0.15) is 11.8 Å². The molecule has 7 nitrogen and oxygen atoms in total. The highest BCUT2D eigenvalue weighted by atomic mass is 32.2. The summed E-state index contributed by atoms with van der Waals surface area (Å²) in [6.07, 6.45) is 3.54. The zero-order valence-electron chi connectivity index (χ0n) is 16.4. The average Bonchev–Trinajstić information content (AvgIpc) is 3.38. The number of anilines is 1. The molecule has 0 bridgehead atoms. The molecule has 3 aromatic heterocycles. The van der Waals surface area contributed by atoms with E-state index in [1.165, 1.54) is 10.4 Å². The fraction of sp³-hybridized carbons (Fsp3) is 0.333. The number of aromatic nitrogens is 3. The Balaban J connectivity index is 1.16. The summed E-state index contributed by atoms with van der Waals surface area (Å²) in [5.41, 5.74) is 3.29. The van der Waals surface area contributed by atoms with Crippen LogP contribution in [-0.4, -0.2) is 26.6 Å². The first kappa shape index (κ1) is 19.3. The molecule has 0 radical (unpaired) electrons. The van der Waals surface area contributed by atoms with Crippen LogP contribution in [0.4, 0.5) is 5.69 Å². The van der Waals surface area contributed by atoms with Crippen molar-refractivity contribution in [2.75, 3.05) is 11.1 Å². The Kier molecular flexibility index (Phi) is 5.08. The smallest absolute Gasteiger partial charge is 0.259 e. The number of benzene rings is 1. The highest BCUT2D eigenvalue weighted by molar-refractivity contribution is 7.98. The maximum Gasteiger partial charge on any atom is 0.259 e. The van der Waals surface area contributed by atoms with Crippen LogP contribution in [0.25, 0.3) is 21.3 Å². The number of rotatable bonds is 6. The normalized spacial score (nSPS) is 13.2. The lowest BCUT2D eigenvalue weighted by Gasteiger charge is -2.05. The van der Waals surface area contributed by atoms with Crippen molar-refractivity contribution in [3.8, 4) is 0 Å². The number of carbonyl (C=O) groups excluding carboxylic acids is 1. The van der Waals surface area contributed by atoms with E-state index in [-0.39, 0.29) is 11.5 Å². The molecule has 9 heteroatoms. The number of aryl methyl sites for hydroxylation is 3. The lowest BCUT2D eigenvalue weighted by atomic mass is 10.2. The molecular formula is C21H20N4O3S2. The van der Waals surface area contributed by atoms with Gasteiger partial charge in [-0.1, -0.05) is 0 Å². The van der Waals surface area contributed by atoms with Crippen LogP contribution in [-0.2, 0) is 23.4 Å². The van der Waals surface area contributed by atoms with E-state index in [9.17, 15) is 9.59 Å². The van der Waals surface area contributed by atoms with Crippen LogP contribution in [0.15, 0.2) is 27.4 Å². The van der Waals surface area contributed by atoms with E-state index in [0.717, 1.165) is 35.0 Å². The molecule has 0 spiro atoms. The predicted octanol–water partition coefficient (Wildman–Crippen LogP) is 4.18. The van der Waals surface area contributed by atoms with Gasteiger partial charge in [0.05, 0.1) is 11.1 Å². The van der Waals surface area contributed by atoms with E-state index in [0.29, 0.717) is 40.9 Å². The molecule has 0 aliphatic heterocycles. The zero-order chi connectivity index (χ0) is 20.7. The second-order valence-corrected chi connectivity index (χ2v) is 9.51. The quantitative estimate of drug-likeness (QED) is 0.436. The molecule has 0 atom stereocenters. The van der Waals surface area contributed by atoms with Crippen molar-refractivity contribution in [2.45, 2.75) is 38.4 Å². The number of amides is 1. The number of fused-ring (bicyclic) bond motifs is 4. The van der Waals surface area contributed by atoms with Crippen molar-refractivity contribution in [2.24, 2.45) is 0 Å². The molecule has 1 amide bonds. The van der Waals surface area contributed by atoms with E-state index in [4.69, 9.17) is 4.42 Å². The van der Waals surface area contributed by atoms with Crippen molar-refractivity contribution in [3.05, 3.63) is 50.7 Å². The summed E-state index contributed by atoms with van der Waals surface area (Å²) < 4.78 is 5.44. The molecule has 5 rings (SSSR count). The number of hydrogen-bond donors (Lipinski definition) is 2. The summed E-state index contributed by atoms with van der Waals surface area (Å²) in [6, 6.07) is 5.41. The number of H-pyrrole nitrogens is 1. The summed E-state index contributed by atoms with van der Waals surface area (Å²) >= 11 is 3.23. The Morgan fingerprint density at radius 1 is 1.33 bits per heavy atom. The van der Waals surface area contributed by atoms with Gasteiger partial charge >= 0.3 is 0 Å². The van der Waals surface area contributed by atoms with Crippen LogP contribution in [0, 0.1) is 6.92 Å². The molecule has 1 aliphatic carbocycles. The highest BCUT2D eigenvalue weighted by Gasteiger charge is 2.21. The third-order valence-electron chi connectivity index (χ3n) is 5.11. The summed E-state index contributed by atoms with van der Waals surface area (Å²) in [5.74, 6) is 2.42. The number of thioether (sulfide) groups is 1. The van der Waals surface area contributed by atoms with E-state index in [2.05, 4.69) is 20.3 Å². The van der Waals surface area contributed by atoms with Gasteiger partial charge in [0, 0.05) is 29.7 Å². The zero-order valence-corrected chi connectivity index (χ0v) is 18.0. The van der Waals surface area contributed by atoms with Crippen molar-refractivity contribution >= 4 is 56.0 Å². The van der Waals surface area contributed by atoms with Crippen LogP contribution >= 0.6 is 23.1 Å². The third kappa shape index (κ3) is 3.75. The second-order valence-electron chi connectivity index (χ2n) is 7.32. The molecule has 30 heavy (non-hydrogen) atoms. The maximum atomic E-state index is 12.5. The lowest BCUT2D eigenvalue weighted by Crippen LogP contribution is -2.13. The van der Waals surface area contributed by atoms with Crippen LogP contribution in [0.5, 0.6) is 0 Å². The summed E-state index contributed by atoms with van der Waals surface area (Å²) in [6.45, 7) is 1.79. The van der Waals surface area contributed by atoms with Crippen LogP contribution in [0.3, 0.4) is 0 Å². The van der Waals surface area contributed by atoms with E-state index >= 15 is 0 Å². The number of aromatic amines is 1.